The van der Waals surface area contributed by atoms with Crippen LogP contribution in [0.2, 0.25) is 0 Å². The van der Waals surface area contributed by atoms with E-state index in [1.807, 2.05) is 6.92 Å². The van der Waals surface area contributed by atoms with Crippen molar-refractivity contribution in [2.24, 2.45) is 5.92 Å². The fraction of sp³-hybridized carbons (Fsp3) is 0.667. The van der Waals surface area contributed by atoms with Gasteiger partial charge in [-0.2, -0.15) is 4.98 Å². The zero-order chi connectivity index (χ0) is 14.8. The molecule has 1 N–H and O–H groups in total. The minimum Gasteiger partial charge on any atom is -0.481 e. The van der Waals surface area contributed by atoms with Gasteiger partial charge in [-0.05, 0) is 38.5 Å². The second-order valence-electron chi connectivity index (χ2n) is 5.86. The van der Waals surface area contributed by atoms with Crippen molar-refractivity contribution in [3.05, 3.63) is 12.3 Å². The van der Waals surface area contributed by atoms with Crippen LogP contribution in [0.1, 0.15) is 39.0 Å². The highest BCUT2D eigenvalue weighted by atomic mass is 16.5. The van der Waals surface area contributed by atoms with Gasteiger partial charge in [-0.25, -0.2) is 4.98 Å². The van der Waals surface area contributed by atoms with Crippen LogP contribution in [0.5, 0.6) is 5.88 Å². The molecule has 2 unspecified atom stereocenters. The van der Waals surface area contributed by atoms with Gasteiger partial charge < -0.3 is 14.7 Å². The van der Waals surface area contributed by atoms with E-state index in [9.17, 15) is 4.79 Å². The number of aliphatic carboxylic acids is 1. The summed E-state index contributed by atoms with van der Waals surface area (Å²) in [5.74, 6) is 0.922. The van der Waals surface area contributed by atoms with Crippen molar-refractivity contribution in [3.63, 3.8) is 0 Å². The smallest absolute Gasteiger partial charge is 0.303 e. The van der Waals surface area contributed by atoms with E-state index in [1.54, 1.807) is 12.3 Å². The molecule has 3 heterocycles. The summed E-state index contributed by atoms with van der Waals surface area (Å²) in [6, 6.07) is 2.50. The zero-order valence-electron chi connectivity index (χ0n) is 12.2. The van der Waals surface area contributed by atoms with Gasteiger partial charge in [0.15, 0.2) is 0 Å². The molecule has 0 amide bonds. The molecule has 6 nitrogen and oxygen atoms in total. The summed E-state index contributed by atoms with van der Waals surface area (Å²) in [6.07, 6.45) is 6.05. The van der Waals surface area contributed by atoms with Crippen molar-refractivity contribution >= 4 is 11.9 Å². The molecule has 2 aliphatic rings. The Morgan fingerprint density at radius 2 is 2.14 bits per heavy atom. The number of hydrogen-bond acceptors (Lipinski definition) is 5. The lowest BCUT2D eigenvalue weighted by Gasteiger charge is -2.38. The topological polar surface area (TPSA) is 75.5 Å². The van der Waals surface area contributed by atoms with E-state index in [0.717, 1.165) is 31.6 Å². The molecule has 3 rings (SSSR count). The largest absolute Gasteiger partial charge is 0.481 e. The summed E-state index contributed by atoms with van der Waals surface area (Å²) in [4.78, 5) is 22.1. The highest BCUT2D eigenvalue weighted by molar-refractivity contribution is 5.67. The summed E-state index contributed by atoms with van der Waals surface area (Å²) in [5, 5.41) is 8.98. The van der Waals surface area contributed by atoms with Crippen LogP contribution in [0.4, 0.5) is 5.95 Å². The standard InChI is InChI=1S/C15H21N3O3/c1-2-21-13-5-6-16-15(17-13)18-11-3-4-12(18)8-10(7-11)9-14(19)20/h5-6,10-12H,2-4,7-9H2,1H3,(H,19,20). The van der Waals surface area contributed by atoms with Crippen LogP contribution in [0.25, 0.3) is 0 Å². The predicted octanol–water partition coefficient (Wildman–Crippen LogP) is 2.10. The van der Waals surface area contributed by atoms with Gasteiger partial charge in [0.25, 0.3) is 0 Å². The molecule has 2 atom stereocenters. The van der Waals surface area contributed by atoms with Crippen LogP contribution in [0, 0.1) is 5.92 Å². The third kappa shape index (κ3) is 2.94. The number of nitrogens with zero attached hydrogens (tertiary/aromatic N) is 3. The second-order valence-corrected chi connectivity index (χ2v) is 5.86. The maximum atomic E-state index is 10.9. The van der Waals surface area contributed by atoms with E-state index in [2.05, 4.69) is 14.9 Å². The molecule has 1 aromatic rings. The summed E-state index contributed by atoms with van der Waals surface area (Å²) in [6.45, 7) is 2.52. The van der Waals surface area contributed by atoms with Crippen molar-refractivity contribution in [2.45, 2.75) is 51.1 Å². The Morgan fingerprint density at radius 1 is 1.43 bits per heavy atom. The molecule has 6 heteroatoms. The molecule has 2 bridgehead atoms. The van der Waals surface area contributed by atoms with Gasteiger partial charge in [0.2, 0.25) is 11.8 Å². The van der Waals surface area contributed by atoms with Crippen LogP contribution in [-0.2, 0) is 4.79 Å². The van der Waals surface area contributed by atoms with Crippen LogP contribution >= 0.6 is 0 Å². The molecule has 0 radical (unpaired) electrons. The molecule has 114 valence electrons. The van der Waals surface area contributed by atoms with Gasteiger partial charge in [0.1, 0.15) is 0 Å². The quantitative estimate of drug-likeness (QED) is 0.895. The SMILES string of the molecule is CCOc1ccnc(N2C3CCC2CC(CC(=O)O)C3)n1. The van der Waals surface area contributed by atoms with Crippen molar-refractivity contribution in [1.82, 2.24) is 9.97 Å². The Kier molecular flexibility index (Phi) is 3.94. The number of piperidine rings is 1. The molecule has 0 spiro atoms. The number of aromatic nitrogens is 2. The van der Waals surface area contributed by atoms with Crippen molar-refractivity contribution in [3.8, 4) is 5.88 Å². The van der Waals surface area contributed by atoms with Gasteiger partial charge >= 0.3 is 5.97 Å². The molecule has 1 aromatic heterocycles. The normalized spacial score (nSPS) is 27.7. The van der Waals surface area contributed by atoms with Crippen LogP contribution in [0.15, 0.2) is 12.3 Å². The Balaban J connectivity index is 1.75. The first kappa shape index (κ1) is 14.1. The Morgan fingerprint density at radius 3 is 2.76 bits per heavy atom. The molecule has 21 heavy (non-hydrogen) atoms. The number of fused-ring (bicyclic) bond motifs is 2. The van der Waals surface area contributed by atoms with Gasteiger partial charge in [0, 0.05) is 30.8 Å². The average Bonchev–Trinajstić information content (AvgIpc) is 2.71. The lowest BCUT2D eigenvalue weighted by atomic mass is 9.88. The first-order chi connectivity index (χ1) is 10.2. The molecule has 0 aromatic carbocycles. The van der Waals surface area contributed by atoms with E-state index in [1.165, 1.54) is 0 Å². The van der Waals surface area contributed by atoms with Crippen molar-refractivity contribution in [2.75, 3.05) is 11.5 Å². The number of carboxylic acid groups (broad SMARTS) is 1. The Hall–Kier alpha value is -1.85. The minimum atomic E-state index is -0.692. The molecule has 0 aliphatic carbocycles. The summed E-state index contributed by atoms with van der Waals surface area (Å²) >= 11 is 0. The number of anilines is 1. The molecular weight excluding hydrogens is 270 g/mol. The lowest BCUT2D eigenvalue weighted by molar-refractivity contribution is -0.138. The third-order valence-electron chi connectivity index (χ3n) is 4.43. The van der Waals surface area contributed by atoms with Gasteiger partial charge in [-0.15, -0.1) is 0 Å². The van der Waals surface area contributed by atoms with Gasteiger partial charge in [-0.1, -0.05) is 0 Å². The Labute approximate surface area is 124 Å². The number of carboxylic acids is 1. The monoisotopic (exact) mass is 291 g/mol. The Bertz CT molecular complexity index is 509. The van der Waals surface area contributed by atoms with Gasteiger partial charge in [-0.3, -0.25) is 4.79 Å². The number of hydrogen-bond donors (Lipinski definition) is 1. The van der Waals surface area contributed by atoms with Crippen LogP contribution < -0.4 is 9.64 Å². The zero-order valence-corrected chi connectivity index (χ0v) is 12.2. The van der Waals surface area contributed by atoms with E-state index in [4.69, 9.17) is 9.84 Å². The summed E-state index contributed by atoms with van der Waals surface area (Å²) in [7, 11) is 0. The first-order valence-electron chi connectivity index (χ1n) is 7.63. The summed E-state index contributed by atoms with van der Waals surface area (Å²) < 4.78 is 5.45. The molecule has 2 saturated heterocycles. The highest BCUT2D eigenvalue weighted by Crippen LogP contribution is 2.41. The lowest BCUT2D eigenvalue weighted by Crippen LogP contribution is -2.44. The van der Waals surface area contributed by atoms with Crippen molar-refractivity contribution < 1.29 is 14.6 Å². The van der Waals surface area contributed by atoms with E-state index >= 15 is 0 Å². The van der Waals surface area contributed by atoms with Crippen LogP contribution in [-0.4, -0.2) is 39.7 Å². The highest BCUT2D eigenvalue weighted by Gasteiger charge is 2.42. The summed E-state index contributed by atoms with van der Waals surface area (Å²) in [5.41, 5.74) is 0. The van der Waals surface area contributed by atoms with E-state index in [0.29, 0.717) is 24.6 Å². The maximum Gasteiger partial charge on any atom is 0.303 e. The molecular formula is C15H21N3O3. The second kappa shape index (κ2) is 5.87. The molecule has 0 saturated carbocycles. The average molecular weight is 291 g/mol. The fourth-order valence-electron chi connectivity index (χ4n) is 3.71. The number of rotatable bonds is 5. The number of carbonyl (C=O) groups is 1. The maximum absolute atomic E-state index is 10.9. The van der Waals surface area contributed by atoms with Gasteiger partial charge in [0.05, 0.1) is 6.61 Å². The van der Waals surface area contributed by atoms with E-state index < -0.39 is 5.97 Å². The molecule has 2 fully saturated rings. The number of ether oxygens (including phenoxy) is 1. The van der Waals surface area contributed by atoms with Crippen molar-refractivity contribution in [1.29, 1.82) is 0 Å². The first-order valence-corrected chi connectivity index (χ1v) is 7.63. The van der Waals surface area contributed by atoms with Crippen LogP contribution in [0.3, 0.4) is 0 Å². The van der Waals surface area contributed by atoms with E-state index in [-0.39, 0.29) is 12.3 Å². The third-order valence-corrected chi connectivity index (χ3v) is 4.43. The molecule has 2 aliphatic heterocycles. The fourth-order valence-corrected chi connectivity index (χ4v) is 3.71. The predicted molar refractivity (Wildman–Crippen MR) is 77.5 cm³/mol. The minimum absolute atomic E-state index is 0.278.